The number of aromatic nitrogens is 3. The molecule has 1 atom stereocenters. The SMILES string of the molecule is CCOc1ncc(CC2CCN(C)CC2)c2nc(N[C@@H](C)CC)ncc12. The minimum absolute atomic E-state index is 0.345. The molecule has 1 aliphatic heterocycles. The van der Waals surface area contributed by atoms with Crippen LogP contribution in [0, 0.1) is 5.92 Å². The van der Waals surface area contributed by atoms with E-state index in [0.29, 0.717) is 30.4 Å². The van der Waals surface area contributed by atoms with E-state index in [-0.39, 0.29) is 0 Å². The molecule has 6 nitrogen and oxygen atoms in total. The van der Waals surface area contributed by atoms with E-state index >= 15 is 0 Å². The van der Waals surface area contributed by atoms with Crippen LogP contribution >= 0.6 is 0 Å². The number of anilines is 1. The smallest absolute Gasteiger partial charge is 0.224 e. The third-order valence-corrected chi connectivity index (χ3v) is 5.28. The summed E-state index contributed by atoms with van der Waals surface area (Å²) in [5, 5.41) is 4.29. The van der Waals surface area contributed by atoms with Crippen molar-refractivity contribution in [1.29, 1.82) is 0 Å². The fourth-order valence-electron chi connectivity index (χ4n) is 3.42. The van der Waals surface area contributed by atoms with Crippen molar-refractivity contribution < 1.29 is 4.74 Å². The van der Waals surface area contributed by atoms with Gasteiger partial charge in [0.15, 0.2) is 0 Å². The number of nitrogens with zero attached hydrogens (tertiary/aromatic N) is 4. The maximum atomic E-state index is 5.70. The maximum absolute atomic E-state index is 5.70. The summed E-state index contributed by atoms with van der Waals surface area (Å²) >= 11 is 0. The fraction of sp³-hybridized carbons (Fsp3) is 0.650. The number of fused-ring (bicyclic) bond motifs is 1. The number of pyridine rings is 1. The Morgan fingerprint density at radius 2 is 2.00 bits per heavy atom. The van der Waals surface area contributed by atoms with Gasteiger partial charge in [-0.1, -0.05) is 6.92 Å². The molecule has 0 spiro atoms. The normalized spacial score (nSPS) is 17.4. The Morgan fingerprint density at radius 1 is 1.23 bits per heavy atom. The summed E-state index contributed by atoms with van der Waals surface area (Å²) in [6, 6.07) is 0.345. The van der Waals surface area contributed by atoms with E-state index in [9.17, 15) is 0 Å². The lowest BCUT2D eigenvalue weighted by Crippen LogP contribution is -2.31. The molecule has 0 saturated carbocycles. The van der Waals surface area contributed by atoms with Crippen LogP contribution in [0.25, 0.3) is 10.9 Å². The number of nitrogens with one attached hydrogen (secondary N) is 1. The van der Waals surface area contributed by atoms with Gasteiger partial charge < -0.3 is 15.0 Å². The van der Waals surface area contributed by atoms with Crippen LogP contribution in [0.5, 0.6) is 5.88 Å². The summed E-state index contributed by atoms with van der Waals surface area (Å²) in [6.45, 7) is 9.20. The molecule has 26 heavy (non-hydrogen) atoms. The molecule has 0 amide bonds. The van der Waals surface area contributed by atoms with Gasteiger partial charge in [0.25, 0.3) is 0 Å². The predicted molar refractivity (Wildman–Crippen MR) is 106 cm³/mol. The zero-order valence-corrected chi connectivity index (χ0v) is 16.5. The second-order valence-corrected chi connectivity index (χ2v) is 7.38. The summed E-state index contributed by atoms with van der Waals surface area (Å²) in [7, 11) is 2.20. The molecule has 0 aliphatic carbocycles. The first kappa shape index (κ1) is 18.8. The van der Waals surface area contributed by atoms with Gasteiger partial charge in [0, 0.05) is 18.4 Å². The molecule has 3 heterocycles. The fourth-order valence-corrected chi connectivity index (χ4v) is 3.42. The van der Waals surface area contributed by atoms with Crippen LogP contribution in [-0.2, 0) is 6.42 Å². The van der Waals surface area contributed by atoms with Crippen LogP contribution < -0.4 is 10.1 Å². The summed E-state index contributed by atoms with van der Waals surface area (Å²) in [5.74, 6) is 2.00. The van der Waals surface area contributed by atoms with E-state index < -0.39 is 0 Å². The van der Waals surface area contributed by atoms with Crippen molar-refractivity contribution in [2.45, 2.75) is 52.5 Å². The van der Waals surface area contributed by atoms with E-state index in [1.54, 1.807) is 0 Å². The van der Waals surface area contributed by atoms with Gasteiger partial charge in [-0.3, -0.25) is 0 Å². The molecular formula is C20H31N5O. The molecule has 142 valence electrons. The number of piperidine rings is 1. The molecule has 1 aliphatic rings. The predicted octanol–water partition coefficient (Wildman–Crippen LogP) is 3.52. The molecule has 2 aromatic heterocycles. The third-order valence-electron chi connectivity index (χ3n) is 5.28. The first-order chi connectivity index (χ1) is 12.6. The number of rotatable bonds is 7. The molecular weight excluding hydrogens is 326 g/mol. The van der Waals surface area contributed by atoms with Gasteiger partial charge in [0.05, 0.1) is 17.5 Å². The van der Waals surface area contributed by atoms with Crippen molar-refractivity contribution in [2.24, 2.45) is 5.92 Å². The molecule has 1 fully saturated rings. The minimum Gasteiger partial charge on any atom is -0.477 e. The Kier molecular flexibility index (Phi) is 6.25. The number of ether oxygens (including phenoxy) is 1. The average molecular weight is 358 g/mol. The molecule has 2 aromatic rings. The van der Waals surface area contributed by atoms with E-state index in [1.807, 2.05) is 19.3 Å². The van der Waals surface area contributed by atoms with Gasteiger partial charge in [-0.25, -0.2) is 15.0 Å². The van der Waals surface area contributed by atoms with Gasteiger partial charge in [0.2, 0.25) is 11.8 Å². The Labute approximate surface area is 156 Å². The van der Waals surface area contributed by atoms with Gasteiger partial charge >= 0.3 is 0 Å². The minimum atomic E-state index is 0.345. The zero-order valence-electron chi connectivity index (χ0n) is 16.5. The topological polar surface area (TPSA) is 63.2 Å². The lowest BCUT2D eigenvalue weighted by atomic mass is 9.90. The lowest BCUT2D eigenvalue weighted by molar-refractivity contribution is 0.219. The van der Waals surface area contributed by atoms with Crippen LogP contribution in [0.4, 0.5) is 5.95 Å². The van der Waals surface area contributed by atoms with Crippen LogP contribution in [-0.4, -0.2) is 52.6 Å². The second-order valence-electron chi connectivity index (χ2n) is 7.38. The summed E-state index contributed by atoms with van der Waals surface area (Å²) in [4.78, 5) is 16.3. The van der Waals surface area contributed by atoms with Crippen LogP contribution in [0.2, 0.25) is 0 Å². The van der Waals surface area contributed by atoms with Crippen molar-refractivity contribution >= 4 is 16.9 Å². The van der Waals surface area contributed by atoms with Gasteiger partial charge in [-0.15, -0.1) is 0 Å². The number of hydrogen-bond acceptors (Lipinski definition) is 6. The summed E-state index contributed by atoms with van der Waals surface area (Å²) < 4.78 is 5.70. The first-order valence-corrected chi connectivity index (χ1v) is 9.83. The van der Waals surface area contributed by atoms with Crippen LogP contribution in [0.15, 0.2) is 12.4 Å². The molecule has 0 aromatic carbocycles. The molecule has 6 heteroatoms. The Bertz CT molecular complexity index is 727. The van der Waals surface area contributed by atoms with Crippen LogP contribution in [0.3, 0.4) is 0 Å². The Morgan fingerprint density at radius 3 is 2.69 bits per heavy atom. The highest BCUT2D eigenvalue weighted by Crippen LogP contribution is 2.29. The van der Waals surface area contributed by atoms with Crippen molar-refractivity contribution in [3.8, 4) is 5.88 Å². The first-order valence-electron chi connectivity index (χ1n) is 9.83. The largest absolute Gasteiger partial charge is 0.477 e. The van der Waals surface area contributed by atoms with E-state index in [1.165, 1.54) is 31.5 Å². The van der Waals surface area contributed by atoms with E-state index in [0.717, 1.165) is 23.7 Å². The zero-order chi connectivity index (χ0) is 18.5. The van der Waals surface area contributed by atoms with Crippen molar-refractivity contribution in [1.82, 2.24) is 19.9 Å². The Hall–Kier alpha value is -1.95. The van der Waals surface area contributed by atoms with Crippen molar-refractivity contribution in [3.63, 3.8) is 0 Å². The van der Waals surface area contributed by atoms with Crippen LogP contribution in [0.1, 0.15) is 45.6 Å². The quantitative estimate of drug-likeness (QED) is 0.818. The monoisotopic (exact) mass is 357 g/mol. The highest BCUT2D eigenvalue weighted by Gasteiger charge is 2.20. The molecule has 0 radical (unpaired) electrons. The highest BCUT2D eigenvalue weighted by atomic mass is 16.5. The van der Waals surface area contributed by atoms with Crippen molar-refractivity contribution in [2.75, 3.05) is 32.1 Å². The standard InChI is InChI=1S/C20H31N5O/c1-5-14(3)23-20-22-13-17-18(24-20)16(12-21-19(17)26-6-2)11-15-7-9-25(4)10-8-15/h12-15H,5-11H2,1-4H3,(H,22,23,24)/t14-/m0/s1. The van der Waals surface area contributed by atoms with Gasteiger partial charge in [0.1, 0.15) is 0 Å². The molecule has 1 N–H and O–H groups in total. The molecule has 1 saturated heterocycles. The lowest BCUT2D eigenvalue weighted by Gasteiger charge is -2.29. The molecule has 0 unspecified atom stereocenters. The van der Waals surface area contributed by atoms with Gasteiger partial charge in [-0.05, 0) is 71.1 Å². The average Bonchev–Trinajstić information content (AvgIpc) is 2.65. The molecule has 0 bridgehead atoms. The number of hydrogen-bond donors (Lipinski definition) is 1. The summed E-state index contributed by atoms with van der Waals surface area (Å²) in [6.07, 6.45) is 8.31. The molecule has 3 rings (SSSR count). The maximum Gasteiger partial charge on any atom is 0.224 e. The Balaban J connectivity index is 1.92. The second kappa shape index (κ2) is 8.62. The number of likely N-dealkylation sites (tertiary alicyclic amines) is 1. The van der Waals surface area contributed by atoms with Gasteiger partial charge in [-0.2, -0.15) is 0 Å². The third kappa shape index (κ3) is 4.41. The highest BCUT2D eigenvalue weighted by molar-refractivity contribution is 5.86. The van der Waals surface area contributed by atoms with E-state index in [4.69, 9.17) is 9.72 Å². The van der Waals surface area contributed by atoms with Crippen molar-refractivity contribution in [3.05, 3.63) is 18.0 Å². The van der Waals surface area contributed by atoms with E-state index in [2.05, 4.69) is 41.1 Å². The summed E-state index contributed by atoms with van der Waals surface area (Å²) in [5.41, 5.74) is 2.18.